The number of imidazole rings is 1. The Morgan fingerprint density at radius 1 is 1.60 bits per heavy atom. The Labute approximate surface area is 92.1 Å². The molecule has 0 aliphatic carbocycles. The molecule has 0 aliphatic rings. The first kappa shape index (κ1) is 10.3. The van der Waals surface area contributed by atoms with E-state index in [1.54, 1.807) is 6.20 Å². The SMILES string of the molecule is Cn1ccnc1CCC(N)c1csnn1. The second-order valence-electron chi connectivity index (χ2n) is 3.43. The topological polar surface area (TPSA) is 69.6 Å². The molecule has 2 heterocycles. The fraction of sp³-hybridized carbons (Fsp3) is 0.444. The van der Waals surface area contributed by atoms with E-state index in [1.807, 2.05) is 23.2 Å². The minimum absolute atomic E-state index is 0.0413. The second-order valence-corrected chi connectivity index (χ2v) is 4.04. The van der Waals surface area contributed by atoms with Crippen LogP contribution in [0.5, 0.6) is 0 Å². The van der Waals surface area contributed by atoms with Gasteiger partial charge in [0.1, 0.15) is 5.82 Å². The molecule has 1 atom stereocenters. The zero-order valence-corrected chi connectivity index (χ0v) is 9.31. The number of hydrogen-bond donors (Lipinski definition) is 1. The van der Waals surface area contributed by atoms with E-state index >= 15 is 0 Å². The molecule has 1 unspecified atom stereocenters. The molecule has 0 aromatic carbocycles. The molecule has 0 saturated carbocycles. The Kier molecular flexibility index (Phi) is 3.08. The minimum atomic E-state index is -0.0413. The van der Waals surface area contributed by atoms with Gasteiger partial charge in [-0.3, -0.25) is 0 Å². The number of nitrogens with zero attached hydrogens (tertiary/aromatic N) is 4. The molecular formula is C9H13N5S. The van der Waals surface area contributed by atoms with Crippen LogP contribution in [0.2, 0.25) is 0 Å². The zero-order chi connectivity index (χ0) is 10.7. The monoisotopic (exact) mass is 223 g/mol. The highest BCUT2D eigenvalue weighted by atomic mass is 32.1. The van der Waals surface area contributed by atoms with Crippen molar-refractivity contribution in [2.24, 2.45) is 12.8 Å². The highest BCUT2D eigenvalue weighted by Gasteiger charge is 2.10. The Morgan fingerprint density at radius 3 is 3.07 bits per heavy atom. The molecule has 0 saturated heterocycles. The lowest BCUT2D eigenvalue weighted by atomic mass is 10.1. The van der Waals surface area contributed by atoms with Crippen LogP contribution in [0.1, 0.15) is 24.0 Å². The summed E-state index contributed by atoms with van der Waals surface area (Å²) in [7, 11) is 1.98. The van der Waals surface area contributed by atoms with Gasteiger partial charge in [-0.2, -0.15) is 0 Å². The quantitative estimate of drug-likeness (QED) is 0.836. The molecule has 0 fully saturated rings. The summed E-state index contributed by atoms with van der Waals surface area (Å²) in [6.45, 7) is 0. The van der Waals surface area contributed by atoms with Crippen molar-refractivity contribution in [3.05, 3.63) is 29.3 Å². The first-order valence-corrected chi connectivity index (χ1v) is 5.60. The molecule has 0 spiro atoms. The van der Waals surface area contributed by atoms with Gasteiger partial charge in [-0.25, -0.2) is 4.98 Å². The standard InChI is InChI=1S/C9H13N5S/c1-14-5-4-11-9(14)3-2-7(10)8-6-15-13-12-8/h4-7H,2-3,10H2,1H3. The lowest BCUT2D eigenvalue weighted by Gasteiger charge is -2.07. The van der Waals surface area contributed by atoms with E-state index in [0.29, 0.717) is 0 Å². The van der Waals surface area contributed by atoms with Crippen molar-refractivity contribution < 1.29 is 0 Å². The van der Waals surface area contributed by atoms with Gasteiger partial charge in [0.15, 0.2) is 0 Å². The summed E-state index contributed by atoms with van der Waals surface area (Å²) < 4.78 is 5.80. The Bertz CT molecular complexity index is 408. The number of rotatable bonds is 4. The van der Waals surface area contributed by atoms with Crippen LogP contribution in [0.3, 0.4) is 0 Å². The molecule has 0 amide bonds. The highest BCUT2D eigenvalue weighted by molar-refractivity contribution is 7.03. The lowest BCUT2D eigenvalue weighted by Crippen LogP contribution is -2.13. The van der Waals surface area contributed by atoms with E-state index in [9.17, 15) is 0 Å². The van der Waals surface area contributed by atoms with Crippen molar-refractivity contribution in [1.82, 2.24) is 19.1 Å². The van der Waals surface area contributed by atoms with Crippen LogP contribution in [-0.4, -0.2) is 19.1 Å². The Balaban J connectivity index is 1.91. The van der Waals surface area contributed by atoms with Gasteiger partial charge < -0.3 is 10.3 Å². The average molecular weight is 223 g/mol. The second kappa shape index (κ2) is 4.50. The third-order valence-electron chi connectivity index (χ3n) is 2.36. The number of aryl methyl sites for hydroxylation is 2. The van der Waals surface area contributed by atoms with Crippen molar-refractivity contribution in [2.45, 2.75) is 18.9 Å². The van der Waals surface area contributed by atoms with E-state index in [4.69, 9.17) is 5.73 Å². The molecular weight excluding hydrogens is 210 g/mol. The predicted octanol–water partition coefficient (Wildman–Crippen LogP) is 0.904. The van der Waals surface area contributed by atoms with Gasteiger partial charge in [-0.1, -0.05) is 4.49 Å². The summed E-state index contributed by atoms with van der Waals surface area (Å²) in [6, 6.07) is -0.0413. The van der Waals surface area contributed by atoms with Crippen LogP contribution in [-0.2, 0) is 13.5 Å². The largest absolute Gasteiger partial charge is 0.338 e. The van der Waals surface area contributed by atoms with Gasteiger partial charge in [0.05, 0.1) is 11.7 Å². The molecule has 0 aliphatic heterocycles. The molecule has 2 rings (SSSR count). The minimum Gasteiger partial charge on any atom is -0.338 e. The average Bonchev–Trinajstić information content (AvgIpc) is 2.85. The third-order valence-corrected chi connectivity index (χ3v) is 2.88. The molecule has 6 heteroatoms. The van der Waals surface area contributed by atoms with Crippen LogP contribution >= 0.6 is 11.5 Å². The van der Waals surface area contributed by atoms with Gasteiger partial charge in [-0.15, -0.1) is 5.10 Å². The van der Waals surface area contributed by atoms with E-state index in [2.05, 4.69) is 14.6 Å². The van der Waals surface area contributed by atoms with Crippen molar-refractivity contribution in [3.63, 3.8) is 0 Å². The van der Waals surface area contributed by atoms with Crippen molar-refractivity contribution in [2.75, 3.05) is 0 Å². The van der Waals surface area contributed by atoms with E-state index in [1.165, 1.54) is 11.5 Å². The predicted molar refractivity (Wildman–Crippen MR) is 58.4 cm³/mol. The Morgan fingerprint density at radius 2 is 2.47 bits per heavy atom. The first-order chi connectivity index (χ1) is 7.27. The molecule has 2 N–H and O–H groups in total. The lowest BCUT2D eigenvalue weighted by molar-refractivity contribution is 0.605. The summed E-state index contributed by atoms with van der Waals surface area (Å²) in [5.74, 6) is 1.05. The van der Waals surface area contributed by atoms with Crippen LogP contribution in [0.4, 0.5) is 0 Å². The maximum absolute atomic E-state index is 5.97. The van der Waals surface area contributed by atoms with Crippen LogP contribution in [0.25, 0.3) is 0 Å². The van der Waals surface area contributed by atoms with Crippen molar-refractivity contribution in [3.8, 4) is 0 Å². The summed E-state index contributed by atoms with van der Waals surface area (Å²) in [6.07, 6.45) is 5.44. The fourth-order valence-electron chi connectivity index (χ4n) is 1.40. The van der Waals surface area contributed by atoms with Crippen LogP contribution in [0.15, 0.2) is 17.8 Å². The van der Waals surface area contributed by atoms with E-state index < -0.39 is 0 Å². The summed E-state index contributed by atoms with van der Waals surface area (Å²) >= 11 is 1.33. The summed E-state index contributed by atoms with van der Waals surface area (Å²) in [5.41, 5.74) is 6.84. The van der Waals surface area contributed by atoms with Gasteiger partial charge >= 0.3 is 0 Å². The smallest absolute Gasteiger partial charge is 0.108 e. The number of nitrogens with two attached hydrogens (primary N) is 1. The highest BCUT2D eigenvalue weighted by Crippen LogP contribution is 2.14. The van der Waals surface area contributed by atoms with Gasteiger partial charge in [0, 0.05) is 31.2 Å². The maximum Gasteiger partial charge on any atom is 0.108 e. The van der Waals surface area contributed by atoms with Crippen molar-refractivity contribution in [1.29, 1.82) is 0 Å². The maximum atomic E-state index is 5.97. The normalized spacial score (nSPS) is 12.9. The summed E-state index contributed by atoms with van der Waals surface area (Å²) in [4.78, 5) is 4.24. The molecule has 2 aromatic heterocycles. The van der Waals surface area contributed by atoms with Crippen LogP contribution < -0.4 is 5.73 Å². The Hall–Kier alpha value is -1.27. The molecule has 2 aromatic rings. The summed E-state index contributed by atoms with van der Waals surface area (Å²) in [5, 5.41) is 5.85. The van der Waals surface area contributed by atoms with Crippen molar-refractivity contribution >= 4 is 11.5 Å². The molecule has 0 radical (unpaired) electrons. The zero-order valence-electron chi connectivity index (χ0n) is 8.50. The molecule has 80 valence electrons. The number of aromatic nitrogens is 4. The molecule has 15 heavy (non-hydrogen) atoms. The van der Waals surface area contributed by atoms with Gasteiger partial charge in [0.2, 0.25) is 0 Å². The third kappa shape index (κ3) is 2.40. The first-order valence-electron chi connectivity index (χ1n) is 4.76. The molecule has 0 bridgehead atoms. The van der Waals surface area contributed by atoms with E-state index in [0.717, 1.165) is 24.4 Å². The van der Waals surface area contributed by atoms with E-state index in [-0.39, 0.29) is 6.04 Å². The molecule has 5 nitrogen and oxygen atoms in total. The van der Waals surface area contributed by atoms with Crippen LogP contribution in [0, 0.1) is 0 Å². The fourth-order valence-corrected chi connectivity index (χ4v) is 1.92. The van der Waals surface area contributed by atoms with Gasteiger partial charge in [-0.05, 0) is 18.0 Å². The van der Waals surface area contributed by atoms with Gasteiger partial charge in [0.25, 0.3) is 0 Å². The number of hydrogen-bond acceptors (Lipinski definition) is 5.